The minimum atomic E-state index is 0.132. The predicted octanol–water partition coefficient (Wildman–Crippen LogP) is 4.10. The molecule has 0 radical (unpaired) electrons. The zero-order valence-corrected chi connectivity index (χ0v) is 16.9. The maximum Gasteiger partial charge on any atom is 0.222 e. The highest BCUT2D eigenvalue weighted by Crippen LogP contribution is 2.33. The van der Waals surface area contributed by atoms with Crippen LogP contribution in [0.1, 0.15) is 38.7 Å². The molecule has 1 aromatic rings. The Labute approximate surface area is 155 Å². The number of carbonyl (C=O) groups is 1. The fourth-order valence-electron chi connectivity index (χ4n) is 2.67. The second-order valence-electron chi connectivity index (χ2n) is 6.06. The number of rotatable bonds is 8. The van der Waals surface area contributed by atoms with Crippen molar-refractivity contribution in [2.75, 3.05) is 19.6 Å². The van der Waals surface area contributed by atoms with E-state index in [0.29, 0.717) is 5.91 Å². The molecule has 1 saturated heterocycles. The Bertz CT molecular complexity index is 550. The molecule has 0 saturated carbocycles. The lowest BCUT2D eigenvalue weighted by atomic mass is 10.2. The van der Waals surface area contributed by atoms with Crippen LogP contribution in [0.2, 0.25) is 0 Å². The fraction of sp³-hybridized carbons (Fsp3) is 0.588. The largest absolute Gasteiger partial charge is 0.489 e. The number of benzene rings is 1. The number of nitrogens with zero attached hydrogens (tertiary/aromatic N) is 1. The Morgan fingerprint density at radius 1 is 1.35 bits per heavy atom. The summed E-state index contributed by atoms with van der Waals surface area (Å²) in [5.41, 5.74) is 1.12. The standard InChI is InChI=1S/C17H24Br2N2O2/c1-12(2)23-17-13(9-14(18)10-15(17)19)11-20-6-4-8-21-7-3-5-16(21)22/h9-10,12,20H,3-8,11H2,1-2H3. The van der Waals surface area contributed by atoms with Crippen LogP contribution in [-0.4, -0.2) is 36.5 Å². The van der Waals surface area contributed by atoms with Gasteiger partial charge in [0.1, 0.15) is 5.75 Å². The zero-order chi connectivity index (χ0) is 16.8. The molecule has 0 spiro atoms. The SMILES string of the molecule is CC(C)Oc1c(Br)cc(Br)cc1CNCCCN1CCCC1=O. The van der Waals surface area contributed by atoms with Crippen molar-refractivity contribution >= 4 is 37.8 Å². The lowest BCUT2D eigenvalue weighted by Gasteiger charge is -2.18. The summed E-state index contributed by atoms with van der Waals surface area (Å²) in [7, 11) is 0. The molecule has 0 bridgehead atoms. The van der Waals surface area contributed by atoms with Gasteiger partial charge in [0.25, 0.3) is 0 Å². The van der Waals surface area contributed by atoms with Gasteiger partial charge in [-0.05, 0) is 61.3 Å². The predicted molar refractivity (Wildman–Crippen MR) is 99.7 cm³/mol. The molecule has 23 heavy (non-hydrogen) atoms. The van der Waals surface area contributed by atoms with Gasteiger partial charge >= 0.3 is 0 Å². The third-order valence-corrected chi connectivity index (χ3v) is 4.75. The third kappa shape index (κ3) is 5.76. The Morgan fingerprint density at radius 2 is 2.13 bits per heavy atom. The summed E-state index contributed by atoms with van der Waals surface area (Å²) in [6, 6.07) is 4.08. The Morgan fingerprint density at radius 3 is 2.78 bits per heavy atom. The summed E-state index contributed by atoms with van der Waals surface area (Å²) in [5.74, 6) is 1.19. The van der Waals surface area contributed by atoms with Gasteiger partial charge in [-0.15, -0.1) is 0 Å². The van der Waals surface area contributed by atoms with E-state index >= 15 is 0 Å². The van der Waals surface area contributed by atoms with Crippen LogP contribution in [0.3, 0.4) is 0 Å². The Hall–Kier alpha value is -0.590. The number of nitrogens with one attached hydrogen (secondary N) is 1. The van der Waals surface area contributed by atoms with Gasteiger partial charge in [0.05, 0.1) is 10.6 Å². The summed E-state index contributed by atoms with van der Waals surface area (Å²) < 4.78 is 7.91. The van der Waals surface area contributed by atoms with E-state index in [1.807, 2.05) is 24.8 Å². The number of ether oxygens (including phenoxy) is 1. The molecular formula is C17H24Br2N2O2. The second-order valence-corrected chi connectivity index (χ2v) is 7.83. The van der Waals surface area contributed by atoms with Gasteiger partial charge in [0.2, 0.25) is 5.91 Å². The lowest BCUT2D eigenvalue weighted by Crippen LogP contribution is -2.28. The molecule has 1 fully saturated rings. The van der Waals surface area contributed by atoms with Crippen LogP contribution in [0, 0.1) is 0 Å². The van der Waals surface area contributed by atoms with Gasteiger partial charge < -0.3 is 15.0 Å². The minimum Gasteiger partial charge on any atom is -0.489 e. The van der Waals surface area contributed by atoms with E-state index in [9.17, 15) is 4.79 Å². The average molecular weight is 448 g/mol. The van der Waals surface area contributed by atoms with Gasteiger partial charge in [-0.2, -0.15) is 0 Å². The molecule has 0 aromatic heterocycles. The van der Waals surface area contributed by atoms with Crippen molar-refractivity contribution in [1.82, 2.24) is 10.2 Å². The quantitative estimate of drug-likeness (QED) is 0.610. The number of hydrogen-bond acceptors (Lipinski definition) is 3. The van der Waals surface area contributed by atoms with Crippen molar-refractivity contribution in [3.63, 3.8) is 0 Å². The molecular weight excluding hydrogens is 424 g/mol. The molecule has 1 N–H and O–H groups in total. The average Bonchev–Trinajstić information content (AvgIpc) is 2.87. The van der Waals surface area contributed by atoms with E-state index in [4.69, 9.17) is 4.74 Å². The lowest BCUT2D eigenvalue weighted by molar-refractivity contribution is -0.127. The van der Waals surface area contributed by atoms with Gasteiger partial charge in [-0.1, -0.05) is 15.9 Å². The number of halogens is 2. The van der Waals surface area contributed by atoms with Crippen molar-refractivity contribution in [3.8, 4) is 5.75 Å². The van der Waals surface area contributed by atoms with E-state index in [0.717, 1.165) is 65.7 Å². The molecule has 1 heterocycles. The van der Waals surface area contributed by atoms with Crippen molar-refractivity contribution in [2.45, 2.75) is 45.8 Å². The first-order chi connectivity index (χ1) is 11.0. The van der Waals surface area contributed by atoms with E-state index in [-0.39, 0.29) is 6.10 Å². The third-order valence-electron chi connectivity index (χ3n) is 3.71. The topological polar surface area (TPSA) is 41.6 Å². The maximum atomic E-state index is 11.6. The number of carbonyl (C=O) groups excluding carboxylic acids is 1. The molecule has 0 unspecified atom stereocenters. The van der Waals surface area contributed by atoms with E-state index in [1.54, 1.807) is 0 Å². The van der Waals surface area contributed by atoms with Crippen molar-refractivity contribution in [3.05, 3.63) is 26.6 Å². The first-order valence-corrected chi connectivity index (χ1v) is 9.69. The van der Waals surface area contributed by atoms with Crippen LogP contribution in [0.25, 0.3) is 0 Å². The highest BCUT2D eigenvalue weighted by Gasteiger charge is 2.19. The molecule has 1 amide bonds. The summed E-state index contributed by atoms with van der Waals surface area (Å²) >= 11 is 7.10. The monoisotopic (exact) mass is 446 g/mol. The highest BCUT2D eigenvalue weighted by atomic mass is 79.9. The molecule has 2 rings (SSSR count). The number of amides is 1. The normalized spacial score (nSPS) is 14.8. The molecule has 0 atom stereocenters. The first-order valence-electron chi connectivity index (χ1n) is 8.10. The highest BCUT2D eigenvalue weighted by molar-refractivity contribution is 9.11. The van der Waals surface area contributed by atoms with Crippen LogP contribution in [0.5, 0.6) is 5.75 Å². The van der Waals surface area contributed by atoms with E-state index in [2.05, 4.69) is 43.2 Å². The van der Waals surface area contributed by atoms with Crippen molar-refractivity contribution < 1.29 is 9.53 Å². The molecule has 1 aromatic carbocycles. The van der Waals surface area contributed by atoms with Gasteiger partial charge in [-0.3, -0.25) is 4.79 Å². The van der Waals surface area contributed by atoms with Gasteiger partial charge in [-0.25, -0.2) is 0 Å². The second kappa shape index (κ2) is 9.04. The number of hydrogen-bond donors (Lipinski definition) is 1. The molecule has 4 nitrogen and oxygen atoms in total. The van der Waals surface area contributed by atoms with Crippen molar-refractivity contribution in [1.29, 1.82) is 0 Å². The fourth-order valence-corrected chi connectivity index (χ4v) is 4.08. The number of likely N-dealkylation sites (tertiary alicyclic amines) is 1. The molecule has 1 aliphatic heterocycles. The summed E-state index contributed by atoms with van der Waals surface area (Å²) in [4.78, 5) is 13.5. The van der Waals surface area contributed by atoms with Crippen LogP contribution >= 0.6 is 31.9 Å². The molecule has 0 aliphatic carbocycles. The molecule has 6 heteroatoms. The zero-order valence-electron chi connectivity index (χ0n) is 13.7. The summed E-state index contributed by atoms with van der Waals surface area (Å²) in [6.45, 7) is 7.45. The van der Waals surface area contributed by atoms with Crippen LogP contribution in [-0.2, 0) is 11.3 Å². The molecule has 128 valence electrons. The Balaban J connectivity index is 1.83. The maximum absolute atomic E-state index is 11.6. The van der Waals surface area contributed by atoms with E-state index in [1.165, 1.54) is 0 Å². The summed E-state index contributed by atoms with van der Waals surface area (Å²) in [5, 5.41) is 3.45. The Kier molecular flexibility index (Phi) is 7.37. The van der Waals surface area contributed by atoms with E-state index < -0.39 is 0 Å². The van der Waals surface area contributed by atoms with Crippen LogP contribution < -0.4 is 10.1 Å². The summed E-state index contributed by atoms with van der Waals surface area (Å²) in [6.07, 6.45) is 2.83. The van der Waals surface area contributed by atoms with Crippen LogP contribution in [0.4, 0.5) is 0 Å². The van der Waals surface area contributed by atoms with Gasteiger partial charge in [0.15, 0.2) is 0 Å². The van der Waals surface area contributed by atoms with Crippen LogP contribution in [0.15, 0.2) is 21.1 Å². The van der Waals surface area contributed by atoms with Gasteiger partial charge in [0, 0.05) is 36.1 Å². The first kappa shape index (κ1) is 18.7. The molecule has 1 aliphatic rings. The minimum absolute atomic E-state index is 0.132. The van der Waals surface area contributed by atoms with Crippen molar-refractivity contribution in [2.24, 2.45) is 0 Å². The smallest absolute Gasteiger partial charge is 0.222 e.